The maximum atomic E-state index is 12.2. The van der Waals surface area contributed by atoms with Gasteiger partial charge < -0.3 is 14.6 Å². The molecule has 6 heteroatoms. The number of anilines is 1. The Bertz CT molecular complexity index is 591. The molecule has 1 atom stereocenters. The van der Waals surface area contributed by atoms with Crippen molar-refractivity contribution in [2.75, 3.05) is 25.1 Å². The second-order valence-electron chi connectivity index (χ2n) is 4.94. The summed E-state index contributed by atoms with van der Waals surface area (Å²) in [4.78, 5) is 16.4. The second kappa shape index (κ2) is 6.51. The fourth-order valence-corrected chi connectivity index (χ4v) is 2.27. The van der Waals surface area contributed by atoms with Gasteiger partial charge in [-0.15, -0.1) is 0 Å². The number of hydrogen-bond acceptors (Lipinski definition) is 4. The minimum absolute atomic E-state index is 0.116. The van der Waals surface area contributed by atoms with E-state index in [-0.39, 0.29) is 11.9 Å². The summed E-state index contributed by atoms with van der Waals surface area (Å²) < 4.78 is 7.21. The quantitative estimate of drug-likeness (QED) is 0.874. The summed E-state index contributed by atoms with van der Waals surface area (Å²) in [6.45, 7) is 2.40. The van der Waals surface area contributed by atoms with Gasteiger partial charge in [0, 0.05) is 18.9 Å². The van der Waals surface area contributed by atoms with E-state index in [1.54, 1.807) is 6.20 Å². The van der Waals surface area contributed by atoms with Crippen molar-refractivity contribution < 1.29 is 9.53 Å². The van der Waals surface area contributed by atoms with Gasteiger partial charge in [-0.25, -0.2) is 4.98 Å². The number of nitrogens with zero attached hydrogens (tertiary/aromatic N) is 2. The maximum absolute atomic E-state index is 12.2. The van der Waals surface area contributed by atoms with Crippen LogP contribution >= 0.6 is 0 Å². The van der Waals surface area contributed by atoms with E-state index >= 15 is 0 Å². The summed E-state index contributed by atoms with van der Waals surface area (Å²) in [6, 6.07) is 9.74. The van der Waals surface area contributed by atoms with Crippen LogP contribution in [0.15, 0.2) is 42.7 Å². The molecule has 1 unspecified atom stereocenters. The van der Waals surface area contributed by atoms with Crippen molar-refractivity contribution >= 4 is 11.9 Å². The number of carbonyl (C=O) groups excluding carboxylic acids is 1. The van der Waals surface area contributed by atoms with Gasteiger partial charge in [-0.3, -0.25) is 10.1 Å². The van der Waals surface area contributed by atoms with Crippen molar-refractivity contribution in [1.29, 1.82) is 0 Å². The minimum Gasteiger partial charge on any atom is -0.378 e. The van der Waals surface area contributed by atoms with Crippen molar-refractivity contribution in [3.05, 3.63) is 48.3 Å². The van der Waals surface area contributed by atoms with E-state index in [4.69, 9.17) is 4.74 Å². The van der Waals surface area contributed by atoms with Gasteiger partial charge in [0.25, 0.3) is 0 Å². The average Bonchev–Trinajstić information content (AvgIpc) is 2.96. The Labute approximate surface area is 123 Å². The van der Waals surface area contributed by atoms with E-state index in [0.29, 0.717) is 32.3 Å². The number of nitrogens with one attached hydrogen (secondary N) is 2. The molecule has 0 bridgehead atoms. The van der Waals surface area contributed by atoms with E-state index in [2.05, 4.69) is 15.6 Å². The molecule has 1 aliphatic rings. The lowest BCUT2D eigenvalue weighted by atomic mass is 10.2. The van der Waals surface area contributed by atoms with E-state index < -0.39 is 0 Å². The first-order valence-corrected chi connectivity index (χ1v) is 7.00. The lowest BCUT2D eigenvalue weighted by Gasteiger charge is -2.22. The highest BCUT2D eigenvalue weighted by atomic mass is 16.5. The van der Waals surface area contributed by atoms with Crippen molar-refractivity contribution in [3.63, 3.8) is 0 Å². The Morgan fingerprint density at radius 1 is 1.43 bits per heavy atom. The number of imidazole rings is 1. The second-order valence-corrected chi connectivity index (χ2v) is 4.94. The van der Waals surface area contributed by atoms with Crippen molar-refractivity contribution in [2.45, 2.75) is 12.6 Å². The van der Waals surface area contributed by atoms with Gasteiger partial charge in [0.15, 0.2) is 0 Å². The molecule has 1 aromatic heterocycles. The average molecular weight is 286 g/mol. The van der Waals surface area contributed by atoms with Crippen molar-refractivity contribution in [1.82, 2.24) is 14.9 Å². The zero-order valence-corrected chi connectivity index (χ0v) is 11.7. The summed E-state index contributed by atoms with van der Waals surface area (Å²) in [5, 5.41) is 5.98. The molecular weight excluding hydrogens is 268 g/mol. The van der Waals surface area contributed by atoms with Crippen LogP contribution in [0.4, 0.5) is 5.95 Å². The smallest absolute Gasteiger partial charge is 0.246 e. The van der Waals surface area contributed by atoms with Crippen LogP contribution in [0.25, 0.3) is 0 Å². The molecule has 2 heterocycles. The summed E-state index contributed by atoms with van der Waals surface area (Å²) in [6.07, 6.45) is 3.54. The van der Waals surface area contributed by atoms with Gasteiger partial charge in [0.05, 0.1) is 19.8 Å². The number of morpholine rings is 1. The third-order valence-electron chi connectivity index (χ3n) is 3.38. The van der Waals surface area contributed by atoms with Crippen molar-refractivity contribution in [3.8, 4) is 0 Å². The fourth-order valence-electron chi connectivity index (χ4n) is 2.27. The molecule has 1 aliphatic heterocycles. The highest BCUT2D eigenvalue weighted by Gasteiger charge is 2.22. The summed E-state index contributed by atoms with van der Waals surface area (Å²) in [5.74, 6) is 0.437. The summed E-state index contributed by atoms with van der Waals surface area (Å²) in [7, 11) is 0. The standard InChI is InChI=1S/C15H18N4O2/c20-14(13-11-21-9-7-16-13)18-15-17-6-8-19(15)10-12-4-2-1-3-5-12/h1-6,8,13,16H,7,9-11H2,(H,17,18,20). The number of carbonyl (C=O) groups is 1. The molecule has 2 N–H and O–H groups in total. The molecule has 3 rings (SSSR count). The van der Waals surface area contributed by atoms with Gasteiger partial charge >= 0.3 is 0 Å². The first kappa shape index (κ1) is 13.8. The molecular formula is C15H18N4O2. The van der Waals surface area contributed by atoms with E-state index in [9.17, 15) is 4.79 Å². The van der Waals surface area contributed by atoms with Crippen molar-refractivity contribution in [2.24, 2.45) is 0 Å². The number of hydrogen-bond donors (Lipinski definition) is 2. The Morgan fingerprint density at radius 3 is 3.05 bits per heavy atom. The topological polar surface area (TPSA) is 68.2 Å². The molecule has 110 valence electrons. The summed E-state index contributed by atoms with van der Waals surface area (Å²) in [5.41, 5.74) is 1.16. The molecule has 0 radical (unpaired) electrons. The third-order valence-corrected chi connectivity index (χ3v) is 3.38. The highest BCUT2D eigenvalue weighted by molar-refractivity contribution is 5.93. The Morgan fingerprint density at radius 2 is 2.29 bits per heavy atom. The molecule has 0 aliphatic carbocycles. The monoisotopic (exact) mass is 286 g/mol. The molecule has 0 saturated carbocycles. The zero-order chi connectivity index (χ0) is 14.5. The van der Waals surface area contributed by atoms with E-state index in [0.717, 1.165) is 5.56 Å². The van der Waals surface area contributed by atoms with Gasteiger partial charge in [-0.1, -0.05) is 30.3 Å². The number of ether oxygens (including phenoxy) is 1. The minimum atomic E-state index is -0.319. The van der Waals surface area contributed by atoms with Crippen LogP contribution in [0, 0.1) is 0 Å². The Kier molecular flexibility index (Phi) is 4.28. The van der Waals surface area contributed by atoms with E-state index in [1.165, 1.54) is 0 Å². The lowest BCUT2D eigenvalue weighted by Crippen LogP contribution is -2.49. The third kappa shape index (κ3) is 3.48. The number of benzene rings is 1. The number of aromatic nitrogens is 2. The molecule has 21 heavy (non-hydrogen) atoms. The normalized spacial score (nSPS) is 18.4. The first-order valence-electron chi connectivity index (χ1n) is 7.00. The van der Waals surface area contributed by atoms with Crippen LogP contribution in [-0.4, -0.2) is 41.3 Å². The number of rotatable bonds is 4. The molecule has 0 spiro atoms. The molecule has 1 aromatic carbocycles. The molecule has 1 fully saturated rings. The summed E-state index contributed by atoms with van der Waals surface area (Å²) >= 11 is 0. The van der Waals surface area contributed by atoms with Crippen LogP contribution < -0.4 is 10.6 Å². The zero-order valence-electron chi connectivity index (χ0n) is 11.7. The predicted octanol–water partition coefficient (Wildman–Crippen LogP) is 0.858. The van der Waals surface area contributed by atoms with Gasteiger partial charge in [0.1, 0.15) is 6.04 Å². The highest BCUT2D eigenvalue weighted by Crippen LogP contribution is 2.10. The van der Waals surface area contributed by atoms with E-state index in [1.807, 2.05) is 41.1 Å². The Balaban J connectivity index is 1.66. The maximum Gasteiger partial charge on any atom is 0.246 e. The van der Waals surface area contributed by atoms with Gasteiger partial charge in [-0.05, 0) is 5.56 Å². The largest absolute Gasteiger partial charge is 0.378 e. The number of amides is 1. The molecule has 2 aromatic rings. The molecule has 1 amide bonds. The van der Waals surface area contributed by atoms with Crippen LogP contribution in [-0.2, 0) is 16.1 Å². The predicted molar refractivity (Wildman–Crippen MR) is 79.0 cm³/mol. The van der Waals surface area contributed by atoms with Gasteiger partial charge in [0.2, 0.25) is 11.9 Å². The van der Waals surface area contributed by atoms with Crippen LogP contribution in [0.1, 0.15) is 5.56 Å². The molecule has 1 saturated heterocycles. The lowest BCUT2D eigenvalue weighted by molar-refractivity contribution is -0.120. The fraction of sp³-hybridized carbons (Fsp3) is 0.333. The van der Waals surface area contributed by atoms with Crippen LogP contribution in [0.5, 0.6) is 0 Å². The van der Waals surface area contributed by atoms with Crippen LogP contribution in [0.2, 0.25) is 0 Å². The first-order chi connectivity index (χ1) is 10.3. The SMILES string of the molecule is O=C(Nc1nccn1Cc1ccccc1)C1COCCN1. The Hall–Kier alpha value is -2.18. The van der Waals surface area contributed by atoms with Gasteiger partial charge in [-0.2, -0.15) is 0 Å². The van der Waals surface area contributed by atoms with Crippen LogP contribution in [0.3, 0.4) is 0 Å². The molecule has 6 nitrogen and oxygen atoms in total.